The van der Waals surface area contributed by atoms with Gasteiger partial charge in [0, 0.05) is 11.6 Å². The fourth-order valence-corrected chi connectivity index (χ4v) is 1.33. The standard InChI is InChI=1S/C10H15NO/c1-4-5-10(11)9-6-7(2)12-8(9)3/h4,6,10H,1,5,11H2,2-3H3/t10-/m1/s1. The molecule has 2 heteroatoms. The van der Waals surface area contributed by atoms with Crippen molar-refractivity contribution >= 4 is 0 Å². The first-order valence-corrected chi connectivity index (χ1v) is 4.08. The molecule has 2 N–H and O–H groups in total. The monoisotopic (exact) mass is 165 g/mol. The predicted octanol–water partition coefficient (Wildman–Crippen LogP) is 2.47. The van der Waals surface area contributed by atoms with E-state index in [2.05, 4.69) is 6.58 Å². The van der Waals surface area contributed by atoms with Crippen molar-refractivity contribution in [1.82, 2.24) is 0 Å². The van der Waals surface area contributed by atoms with Crippen molar-refractivity contribution in [3.05, 3.63) is 35.8 Å². The molecule has 12 heavy (non-hydrogen) atoms. The van der Waals surface area contributed by atoms with Gasteiger partial charge >= 0.3 is 0 Å². The predicted molar refractivity (Wildman–Crippen MR) is 49.9 cm³/mol. The number of aryl methyl sites for hydroxylation is 2. The molecule has 0 saturated carbocycles. The third-order valence-electron chi connectivity index (χ3n) is 1.90. The second-order valence-electron chi connectivity index (χ2n) is 3.00. The van der Waals surface area contributed by atoms with Crippen LogP contribution in [0, 0.1) is 13.8 Å². The largest absolute Gasteiger partial charge is 0.466 e. The molecule has 0 amide bonds. The highest BCUT2D eigenvalue weighted by atomic mass is 16.3. The van der Waals surface area contributed by atoms with Crippen LogP contribution in [-0.2, 0) is 0 Å². The summed E-state index contributed by atoms with van der Waals surface area (Å²) in [6.45, 7) is 7.52. The van der Waals surface area contributed by atoms with E-state index < -0.39 is 0 Å². The van der Waals surface area contributed by atoms with Crippen LogP contribution in [0.25, 0.3) is 0 Å². The summed E-state index contributed by atoms with van der Waals surface area (Å²) in [4.78, 5) is 0. The molecule has 0 radical (unpaired) electrons. The van der Waals surface area contributed by atoms with Gasteiger partial charge in [0.1, 0.15) is 11.5 Å². The summed E-state index contributed by atoms with van der Waals surface area (Å²) >= 11 is 0. The van der Waals surface area contributed by atoms with Gasteiger partial charge in [0.2, 0.25) is 0 Å². The minimum Gasteiger partial charge on any atom is -0.466 e. The Hall–Kier alpha value is -1.02. The summed E-state index contributed by atoms with van der Waals surface area (Å²) < 4.78 is 5.37. The average Bonchev–Trinajstić information content (AvgIpc) is 2.30. The Bertz CT molecular complexity index is 275. The van der Waals surface area contributed by atoms with E-state index in [1.165, 1.54) is 0 Å². The lowest BCUT2D eigenvalue weighted by Crippen LogP contribution is -2.08. The minimum absolute atomic E-state index is 0.0277. The van der Waals surface area contributed by atoms with E-state index in [1.807, 2.05) is 26.0 Å². The van der Waals surface area contributed by atoms with E-state index >= 15 is 0 Å². The van der Waals surface area contributed by atoms with Gasteiger partial charge in [-0.3, -0.25) is 0 Å². The Kier molecular flexibility index (Phi) is 2.71. The number of nitrogens with two attached hydrogens (primary N) is 1. The summed E-state index contributed by atoms with van der Waals surface area (Å²) in [6, 6.07) is 2.02. The lowest BCUT2D eigenvalue weighted by atomic mass is 10.1. The molecule has 0 aromatic carbocycles. The second kappa shape index (κ2) is 3.59. The molecule has 2 nitrogen and oxygen atoms in total. The highest BCUT2D eigenvalue weighted by Gasteiger charge is 2.10. The Morgan fingerprint density at radius 3 is 2.75 bits per heavy atom. The third kappa shape index (κ3) is 1.77. The Balaban J connectivity index is 2.85. The van der Waals surface area contributed by atoms with Gasteiger partial charge in [0.05, 0.1) is 0 Å². The fraction of sp³-hybridized carbons (Fsp3) is 0.400. The van der Waals surface area contributed by atoms with E-state index in [-0.39, 0.29) is 6.04 Å². The van der Waals surface area contributed by atoms with Crippen molar-refractivity contribution in [3.8, 4) is 0 Å². The van der Waals surface area contributed by atoms with E-state index in [0.717, 1.165) is 23.5 Å². The zero-order chi connectivity index (χ0) is 9.14. The third-order valence-corrected chi connectivity index (χ3v) is 1.90. The molecule has 1 rings (SSSR count). The van der Waals surface area contributed by atoms with Gasteiger partial charge in [0.15, 0.2) is 0 Å². The first-order valence-electron chi connectivity index (χ1n) is 4.08. The van der Waals surface area contributed by atoms with Crippen molar-refractivity contribution in [3.63, 3.8) is 0 Å². The molecular formula is C10H15NO. The van der Waals surface area contributed by atoms with Crippen molar-refractivity contribution in [2.75, 3.05) is 0 Å². The van der Waals surface area contributed by atoms with Gasteiger partial charge in [-0.1, -0.05) is 6.08 Å². The van der Waals surface area contributed by atoms with Gasteiger partial charge < -0.3 is 10.2 Å². The molecule has 0 aliphatic heterocycles. The van der Waals surface area contributed by atoms with E-state index in [9.17, 15) is 0 Å². The number of furan rings is 1. The fourth-order valence-electron chi connectivity index (χ4n) is 1.33. The van der Waals surface area contributed by atoms with E-state index in [1.54, 1.807) is 0 Å². The van der Waals surface area contributed by atoms with Crippen LogP contribution in [0.2, 0.25) is 0 Å². The van der Waals surface area contributed by atoms with Crippen LogP contribution in [0.5, 0.6) is 0 Å². The summed E-state index contributed by atoms with van der Waals surface area (Å²) in [7, 11) is 0. The first-order chi connectivity index (χ1) is 5.65. The van der Waals surface area contributed by atoms with Crippen LogP contribution in [0.3, 0.4) is 0 Å². The molecule has 1 aromatic heterocycles. The van der Waals surface area contributed by atoms with Crippen LogP contribution in [0.15, 0.2) is 23.1 Å². The summed E-state index contributed by atoms with van der Waals surface area (Å²) in [5.74, 6) is 1.84. The first kappa shape index (κ1) is 9.07. The molecule has 1 atom stereocenters. The number of hydrogen-bond acceptors (Lipinski definition) is 2. The normalized spacial score (nSPS) is 12.9. The van der Waals surface area contributed by atoms with Crippen LogP contribution in [0.1, 0.15) is 29.5 Å². The van der Waals surface area contributed by atoms with Gasteiger partial charge in [-0.15, -0.1) is 6.58 Å². The van der Waals surface area contributed by atoms with Crippen molar-refractivity contribution in [1.29, 1.82) is 0 Å². The smallest absolute Gasteiger partial charge is 0.105 e. The lowest BCUT2D eigenvalue weighted by Gasteiger charge is -2.06. The van der Waals surface area contributed by atoms with Gasteiger partial charge in [-0.2, -0.15) is 0 Å². The second-order valence-corrected chi connectivity index (χ2v) is 3.00. The molecule has 66 valence electrons. The molecular weight excluding hydrogens is 150 g/mol. The topological polar surface area (TPSA) is 39.2 Å². The zero-order valence-electron chi connectivity index (χ0n) is 7.63. The minimum atomic E-state index is 0.0277. The van der Waals surface area contributed by atoms with Crippen LogP contribution >= 0.6 is 0 Å². The highest BCUT2D eigenvalue weighted by molar-refractivity contribution is 5.24. The molecule has 0 aliphatic rings. The number of hydrogen-bond donors (Lipinski definition) is 1. The van der Waals surface area contributed by atoms with Crippen LogP contribution < -0.4 is 5.73 Å². The van der Waals surface area contributed by atoms with Gasteiger partial charge in [0.25, 0.3) is 0 Å². The SMILES string of the molecule is C=CC[C@@H](N)c1cc(C)oc1C. The molecule has 0 aliphatic carbocycles. The van der Waals surface area contributed by atoms with Crippen molar-refractivity contribution in [2.24, 2.45) is 5.73 Å². The Morgan fingerprint density at radius 1 is 1.67 bits per heavy atom. The maximum absolute atomic E-state index is 5.89. The average molecular weight is 165 g/mol. The number of rotatable bonds is 3. The molecule has 0 fully saturated rings. The molecule has 0 bridgehead atoms. The zero-order valence-corrected chi connectivity index (χ0v) is 7.63. The molecule has 1 heterocycles. The van der Waals surface area contributed by atoms with E-state index in [0.29, 0.717) is 0 Å². The lowest BCUT2D eigenvalue weighted by molar-refractivity contribution is 0.497. The summed E-state index contributed by atoms with van der Waals surface area (Å²) in [5, 5.41) is 0. The van der Waals surface area contributed by atoms with Crippen molar-refractivity contribution < 1.29 is 4.42 Å². The molecule has 1 aromatic rings. The summed E-state index contributed by atoms with van der Waals surface area (Å²) in [5.41, 5.74) is 6.98. The molecule has 0 saturated heterocycles. The van der Waals surface area contributed by atoms with Gasteiger partial charge in [-0.25, -0.2) is 0 Å². The quantitative estimate of drug-likeness (QED) is 0.699. The Morgan fingerprint density at radius 2 is 2.33 bits per heavy atom. The van der Waals surface area contributed by atoms with E-state index in [4.69, 9.17) is 10.2 Å². The maximum atomic E-state index is 5.89. The van der Waals surface area contributed by atoms with Crippen LogP contribution in [-0.4, -0.2) is 0 Å². The highest BCUT2D eigenvalue weighted by Crippen LogP contribution is 2.21. The molecule has 0 spiro atoms. The Labute approximate surface area is 73.1 Å². The molecule has 0 unspecified atom stereocenters. The van der Waals surface area contributed by atoms with Gasteiger partial charge in [-0.05, 0) is 26.3 Å². The summed E-state index contributed by atoms with van der Waals surface area (Å²) in [6.07, 6.45) is 2.62. The van der Waals surface area contributed by atoms with Crippen LogP contribution in [0.4, 0.5) is 0 Å². The maximum Gasteiger partial charge on any atom is 0.105 e. The van der Waals surface area contributed by atoms with Crippen molar-refractivity contribution in [2.45, 2.75) is 26.3 Å².